The molecule has 0 aromatic rings. The van der Waals surface area contributed by atoms with E-state index in [-0.39, 0.29) is 22.5 Å². The van der Waals surface area contributed by atoms with Crippen molar-refractivity contribution in [3.63, 3.8) is 0 Å². The first-order valence-electron chi connectivity index (χ1n) is 7.53. The second-order valence-electron chi connectivity index (χ2n) is 5.71. The minimum Gasteiger partial charge on any atom is -0.481 e. The third-order valence-corrected chi connectivity index (χ3v) is 6.29. The average Bonchev–Trinajstić information content (AvgIpc) is 2.49. The lowest BCUT2D eigenvalue weighted by Crippen LogP contribution is -2.43. The number of rotatable bonds is 7. The third kappa shape index (κ3) is 4.40. The fourth-order valence-corrected chi connectivity index (χ4v) is 3.70. The molecular weight excluding hydrogens is 274 g/mol. The second-order valence-corrected chi connectivity index (χ2v) is 6.99. The molecule has 2 atom stereocenters. The summed E-state index contributed by atoms with van der Waals surface area (Å²) in [6, 6.07) is 0. The largest absolute Gasteiger partial charge is 0.481 e. The van der Waals surface area contributed by atoms with Crippen LogP contribution < -0.4 is 5.32 Å². The Morgan fingerprint density at radius 1 is 1.25 bits per heavy atom. The summed E-state index contributed by atoms with van der Waals surface area (Å²) in [4.78, 5) is 23.3. The number of hydrogen-bond acceptors (Lipinski definition) is 3. The Kier molecular flexibility index (Phi) is 6.86. The molecule has 20 heavy (non-hydrogen) atoms. The van der Waals surface area contributed by atoms with Gasteiger partial charge in [0.2, 0.25) is 5.91 Å². The molecule has 0 saturated heterocycles. The molecule has 1 fully saturated rings. The van der Waals surface area contributed by atoms with Crippen molar-refractivity contribution in [2.24, 2.45) is 11.8 Å². The molecule has 0 aromatic heterocycles. The number of amides is 1. The zero-order valence-electron chi connectivity index (χ0n) is 12.8. The fourth-order valence-electron chi connectivity index (χ4n) is 2.91. The first-order chi connectivity index (χ1) is 9.48. The zero-order chi connectivity index (χ0) is 15.2. The second kappa shape index (κ2) is 7.91. The normalized spacial score (nSPS) is 23.4. The molecule has 1 rings (SSSR count). The number of nitrogens with one attached hydrogen (secondary N) is 1. The van der Waals surface area contributed by atoms with Crippen molar-refractivity contribution in [3.05, 3.63) is 0 Å². The Morgan fingerprint density at radius 2 is 1.85 bits per heavy atom. The lowest BCUT2D eigenvalue weighted by atomic mass is 9.81. The molecule has 0 aromatic carbocycles. The summed E-state index contributed by atoms with van der Waals surface area (Å²) in [5.74, 6) is -1.19. The number of carbonyl (C=O) groups is 2. The fraction of sp³-hybridized carbons (Fsp3) is 0.867. The summed E-state index contributed by atoms with van der Waals surface area (Å²) in [7, 11) is 0. The minimum absolute atomic E-state index is 0.0382. The molecule has 4 nitrogen and oxygen atoms in total. The predicted octanol–water partition coefficient (Wildman–Crippen LogP) is 2.92. The summed E-state index contributed by atoms with van der Waals surface area (Å²) in [6.07, 6.45) is 6.98. The monoisotopic (exact) mass is 301 g/mol. The van der Waals surface area contributed by atoms with Crippen LogP contribution in [0.5, 0.6) is 0 Å². The van der Waals surface area contributed by atoms with Gasteiger partial charge >= 0.3 is 5.97 Å². The predicted molar refractivity (Wildman–Crippen MR) is 82.9 cm³/mol. The van der Waals surface area contributed by atoms with Crippen LogP contribution in [0.1, 0.15) is 52.4 Å². The summed E-state index contributed by atoms with van der Waals surface area (Å²) >= 11 is 1.80. The minimum atomic E-state index is -0.761. The van der Waals surface area contributed by atoms with Crippen LogP contribution in [0, 0.1) is 11.8 Å². The standard InChI is InChI=1S/C15H27NO3S/c1-4-15(5-2,20-3)10-16-13(17)11-7-6-8-12(9-11)14(18)19/h11-12H,4-10H2,1-3H3,(H,16,17)(H,18,19). The van der Waals surface area contributed by atoms with Crippen LogP contribution in [0.15, 0.2) is 0 Å². The highest BCUT2D eigenvalue weighted by Crippen LogP contribution is 2.31. The van der Waals surface area contributed by atoms with E-state index in [1.54, 1.807) is 11.8 Å². The van der Waals surface area contributed by atoms with Crippen molar-refractivity contribution in [2.45, 2.75) is 57.1 Å². The molecule has 2 N–H and O–H groups in total. The van der Waals surface area contributed by atoms with Gasteiger partial charge in [0.05, 0.1) is 5.92 Å². The van der Waals surface area contributed by atoms with Gasteiger partial charge in [-0.1, -0.05) is 20.3 Å². The summed E-state index contributed by atoms with van der Waals surface area (Å²) in [6.45, 7) is 4.97. The quantitative estimate of drug-likeness (QED) is 0.759. The van der Waals surface area contributed by atoms with E-state index in [1.807, 2.05) is 0 Å². The summed E-state index contributed by atoms with van der Waals surface area (Å²) in [5, 5.41) is 12.1. The maximum Gasteiger partial charge on any atom is 0.306 e. The van der Waals surface area contributed by atoms with E-state index in [0.29, 0.717) is 19.4 Å². The third-order valence-electron chi connectivity index (χ3n) is 4.70. The number of carbonyl (C=O) groups excluding carboxylic acids is 1. The van der Waals surface area contributed by atoms with Crippen LogP contribution in [-0.4, -0.2) is 34.5 Å². The van der Waals surface area contributed by atoms with E-state index in [0.717, 1.165) is 25.7 Å². The van der Waals surface area contributed by atoms with Crippen molar-refractivity contribution in [1.82, 2.24) is 5.32 Å². The van der Waals surface area contributed by atoms with Gasteiger partial charge in [0.15, 0.2) is 0 Å². The van der Waals surface area contributed by atoms with Gasteiger partial charge in [-0.3, -0.25) is 9.59 Å². The lowest BCUT2D eigenvalue weighted by Gasteiger charge is -2.32. The smallest absolute Gasteiger partial charge is 0.306 e. The van der Waals surface area contributed by atoms with E-state index >= 15 is 0 Å². The molecule has 5 heteroatoms. The van der Waals surface area contributed by atoms with E-state index < -0.39 is 5.97 Å². The molecule has 1 amide bonds. The van der Waals surface area contributed by atoms with Crippen molar-refractivity contribution >= 4 is 23.6 Å². The van der Waals surface area contributed by atoms with E-state index in [1.165, 1.54) is 0 Å². The first kappa shape index (κ1) is 17.3. The van der Waals surface area contributed by atoms with Gasteiger partial charge in [0.25, 0.3) is 0 Å². The van der Waals surface area contributed by atoms with Gasteiger partial charge in [-0.05, 0) is 38.4 Å². The molecule has 0 bridgehead atoms. The van der Waals surface area contributed by atoms with Gasteiger partial charge in [0.1, 0.15) is 0 Å². The summed E-state index contributed by atoms with van der Waals surface area (Å²) < 4.78 is 0.108. The lowest BCUT2D eigenvalue weighted by molar-refractivity contribution is -0.144. The van der Waals surface area contributed by atoms with E-state index in [4.69, 9.17) is 5.11 Å². The first-order valence-corrected chi connectivity index (χ1v) is 8.76. The van der Waals surface area contributed by atoms with Gasteiger partial charge in [-0.2, -0.15) is 11.8 Å². The van der Waals surface area contributed by atoms with Crippen LogP contribution in [-0.2, 0) is 9.59 Å². The van der Waals surface area contributed by atoms with E-state index in [9.17, 15) is 9.59 Å². The molecule has 2 unspecified atom stereocenters. The molecule has 0 radical (unpaired) electrons. The molecule has 1 aliphatic carbocycles. The van der Waals surface area contributed by atoms with Crippen molar-refractivity contribution < 1.29 is 14.7 Å². The Bertz CT molecular complexity index is 334. The van der Waals surface area contributed by atoms with E-state index in [2.05, 4.69) is 25.4 Å². The van der Waals surface area contributed by atoms with Gasteiger partial charge < -0.3 is 10.4 Å². The average molecular weight is 301 g/mol. The Hall–Kier alpha value is -0.710. The van der Waals surface area contributed by atoms with Crippen molar-refractivity contribution in [3.8, 4) is 0 Å². The molecule has 0 aliphatic heterocycles. The Labute approximate surface area is 126 Å². The Balaban J connectivity index is 2.52. The molecule has 0 spiro atoms. The maximum absolute atomic E-state index is 12.2. The van der Waals surface area contributed by atoms with Crippen LogP contribution in [0.3, 0.4) is 0 Å². The van der Waals surface area contributed by atoms with Crippen LogP contribution in [0.2, 0.25) is 0 Å². The number of carboxylic acids is 1. The highest BCUT2D eigenvalue weighted by Gasteiger charge is 2.32. The van der Waals surface area contributed by atoms with Gasteiger partial charge in [0, 0.05) is 17.2 Å². The van der Waals surface area contributed by atoms with Gasteiger partial charge in [-0.25, -0.2) is 0 Å². The summed E-state index contributed by atoms with van der Waals surface area (Å²) in [5.41, 5.74) is 0. The maximum atomic E-state index is 12.2. The molecule has 1 saturated carbocycles. The topological polar surface area (TPSA) is 66.4 Å². The highest BCUT2D eigenvalue weighted by atomic mass is 32.2. The molecule has 116 valence electrons. The van der Waals surface area contributed by atoms with Crippen molar-refractivity contribution in [1.29, 1.82) is 0 Å². The number of hydrogen-bond donors (Lipinski definition) is 2. The highest BCUT2D eigenvalue weighted by molar-refractivity contribution is 8.00. The molecule has 0 heterocycles. The van der Waals surface area contributed by atoms with Gasteiger partial charge in [-0.15, -0.1) is 0 Å². The SMILES string of the molecule is CCC(CC)(CNC(=O)C1CCCC(C(=O)O)C1)SC. The molecule has 1 aliphatic rings. The molecular formula is C15H27NO3S. The zero-order valence-corrected chi connectivity index (χ0v) is 13.6. The van der Waals surface area contributed by atoms with Crippen LogP contribution >= 0.6 is 11.8 Å². The number of aliphatic carboxylic acids is 1. The Morgan fingerprint density at radius 3 is 2.35 bits per heavy atom. The number of carboxylic acid groups (broad SMARTS) is 1. The number of thioether (sulfide) groups is 1. The van der Waals surface area contributed by atoms with Crippen LogP contribution in [0.25, 0.3) is 0 Å². The van der Waals surface area contributed by atoms with Crippen molar-refractivity contribution in [2.75, 3.05) is 12.8 Å². The van der Waals surface area contributed by atoms with Crippen LogP contribution in [0.4, 0.5) is 0 Å².